The fourth-order valence-electron chi connectivity index (χ4n) is 1.07. The Kier molecular flexibility index (Phi) is 3.16. The highest BCUT2D eigenvalue weighted by Gasteiger charge is 2.40. The van der Waals surface area contributed by atoms with Crippen molar-refractivity contribution in [2.45, 2.75) is 24.6 Å². The van der Waals surface area contributed by atoms with E-state index in [1.54, 1.807) is 0 Å². The zero-order valence-corrected chi connectivity index (χ0v) is 8.10. The van der Waals surface area contributed by atoms with Crippen molar-refractivity contribution >= 4 is 24.6 Å². The molecule has 0 radical (unpaired) electrons. The molecule has 1 aliphatic heterocycles. The molecular weight excluding hydrogens is 194 g/mol. The standard InChI is InChI=1S/C7H11NO4S/c1-5(9)11-12-6(10)7(13)3-2-4-8-7/h8,13H,2-4H2,1H3. The fourth-order valence-corrected chi connectivity index (χ4v) is 1.37. The predicted octanol–water partition coefficient (Wildman–Crippen LogP) is 0.0172. The molecule has 0 amide bonds. The van der Waals surface area contributed by atoms with Crippen LogP contribution >= 0.6 is 12.6 Å². The van der Waals surface area contributed by atoms with Gasteiger partial charge in [-0.25, -0.2) is 19.4 Å². The third kappa shape index (κ3) is 2.60. The zero-order valence-electron chi connectivity index (χ0n) is 7.20. The molecule has 0 aliphatic carbocycles. The molecule has 0 aromatic heterocycles. The van der Waals surface area contributed by atoms with E-state index in [1.807, 2.05) is 0 Å². The van der Waals surface area contributed by atoms with Crippen LogP contribution in [0.25, 0.3) is 0 Å². The van der Waals surface area contributed by atoms with Crippen molar-refractivity contribution in [3.63, 3.8) is 0 Å². The number of carbonyl (C=O) groups is 2. The molecule has 1 aliphatic rings. The van der Waals surface area contributed by atoms with Gasteiger partial charge in [0.25, 0.3) is 0 Å². The molecule has 1 rings (SSSR count). The lowest BCUT2D eigenvalue weighted by atomic mass is 10.2. The largest absolute Gasteiger partial charge is 0.385 e. The van der Waals surface area contributed by atoms with Crippen LogP contribution in [0.1, 0.15) is 19.8 Å². The second kappa shape index (κ2) is 3.97. The Hall–Kier alpha value is -0.750. The molecule has 1 fully saturated rings. The molecule has 74 valence electrons. The number of hydrogen-bond donors (Lipinski definition) is 2. The summed E-state index contributed by atoms with van der Waals surface area (Å²) in [6.07, 6.45) is 1.41. The first-order valence-electron chi connectivity index (χ1n) is 3.91. The van der Waals surface area contributed by atoms with Crippen LogP contribution < -0.4 is 5.32 Å². The number of carbonyl (C=O) groups excluding carboxylic acids is 2. The Balaban J connectivity index is 2.42. The molecular formula is C7H11NO4S. The highest BCUT2D eigenvalue weighted by atomic mass is 32.1. The smallest absolute Gasteiger partial charge is 0.294 e. The molecule has 0 spiro atoms. The number of rotatable bonds is 1. The Bertz CT molecular complexity index is 225. The van der Waals surface area contributed by atoms with Gasteiger partial charge in [0, 0.05) is 6.92 Å². The molecule has 5 nitrogen and oxygen atoms in total. The summed E-state index contributed by atoms with van der Waals surface area (Å²) in [5, 5.41) is 2.85. The quantitative estimate of drug-likeness (QED) is 0.359. The fraction of sp³-hybridized carbons (Fsp3) is 0.714. The van der Waals surface area contributed by atoms with Crippen LogP contribution in [-0.2, 0) is 19.4 Å². The monoisotopic (exact) mass is 205 g/mol. The lowest BCUT2D eigenvalue weighted by Crippen LogP contribution is -2.43. The maximum atomic E-state index is 11.2. The van der Waals surface area contributed by atoms with Gasteiger partial charge in [-0.05, 0) is 19.4 Å². The summed E-state index contributed by atoms with van der Waals surface area (Å²) in [7, 11) is 0. The number of nitrogens with one attached hydrogen (secondary N) is 1. The molecule has 1 atom stereocenters. The van der Waals surface area contributed by atoms with Gasteiger partial charge in [0.15, 0.2) is 4.87 Å². The first-order chi connectivity index (χ1) is 6.04. The van der Waals surface area contributed by atoms with Gasteiger partial charge in [0.1, 0.15) is 0 Å². The van der Waals surface area contributed by atoms with E-state index in [-0.39, 0.29) is 0 Å². The lowest BCUT2D eigenvalue weighted by molar-refractivity contribution is -0.259. The highest BCUT2D eigenvalue weighted by Crippen LogP contribution is 2.24. The van der Waals surface area contributed by atoms with Crippen molar-refractivity contribution in [1.29, 1.82) is 0 Å². The van der Waals surface area contributed by atoms with Crippen molar-refractivity contribution in [3.8, 4) is 0 Å². The molecule has 6 heteroatoms. The molecule has 13 heavy (non-hydrogen) atoms. The van der Waals surface area contributed by atoms with Crippen LogP contribution in [0, 0.1) is 0 Å². The summed E-state index contributed by atoms with van der Waals surface area (Å²) in [4.78, 5) is 28.9. The average Bonchev–Trinajstić information content (AvgIpc) is 2.49. The Morgan fingerprint density at radius 3 is 2.62 bits per heavy atom. The van der Waals surface area contributed by atoms with Crippen LogP contribution in [0.3, 0.4) is 0 Å². The van der Waals surface area contributed by atoms with Gasteiger partial charge in [-0.2, -0.15) is 0 Å². The minimum absolute atomic E-state index is 0.566. The van der Waals surface area contributed by atoms with Gasteiger partial charge >= 0.3 is 11.9 Å². The summed E-state index contributed by atoms with van der Waals surface area (Å²) in [5.74, 6) is -1.34. The van der Waals surface area contributed by atoms with E-state index < -0.39 is 16.8 Å². The van der Waals surface area contributed by atoms with E-state index in [0.29, 0.717) is 13.0 Å². The third-order valence-electron chi connectivity index (χ3n) is 1.71. The molecule has 1 N–H and O–H groups in total. The van der Waals surface area contributed by atoms with Crippen molar-refractivity contribution in [3.05, 3.63) is 0 Å². The molecule has 1 saturated heterocycles. The van der Waals surface area contributed by atoms with Gasteiger partial charge in [0.2, 0.25) is 0 Å². The Morgan fingerprint density at radius 1 is 1.46 bits per heavy atom. The summed E-state index contributed by atoms with van der Waals surface area (Å²) >= 11 is 4.10. The van der Waals surface area contributed by atoms with Crippen molar-refractivity contribution in [2.24, 2.45) is 0 Å². The van der Waals surface area contributed by atoms with E-state index in [4.69, 9.17) is 0 Å². The molecule has 0 saturated carbocycles. The second-order valence-electron chi connectivity index (χ2n) is 2.84. The van der Waals surface area contributed by atoms with Crippen LogP contribution in [0.5, 0.6) is 0 Å². The number of hydrogen-bond acceptors (Lipinski definition) is 6. The Morgan fingerprint density at radius 2 is 2.15 bits per heavy atom. The normalized spacial score (nSPS) is 26.9. The van der Waals surface area contributed by atoms with Gasteiger partial charge in [-0.1, -0.05) is 0 Å². The second-order valence-corrected chi connectivity index (χ2v) is 3.60. The van der Waals surface area contributed by atoms with E-state index >= 15 is 0 Å². The van der Waals surface area contributed by atoms with E-state index in [0.717, 1.165) is 13.3 Å². The molecule has 1 heterocycles. The third-order valence-corrected chi connectivity index (χ3v) is 2.27. The van der Waals surface area contributed by atoms with Crippen molar-refractivity contribution in [1.82, 2.24) is 5.32 Å². The summed E-state index contributed by atoms with van der Waals surface area (Å²) in [6, 6.07) is 0. The van der Waals surface area contributed by atoms with Crippen LogP contribution in [0.15, 0.2) is 0 Å². The first kappa shape index (κ1) is 10.3. The van der Waals surface area contributed by atoms with E-state index in [1.165, 1.54) is 0 Å². The molecule has 0 aromatic carbocycles. The molecule has 1 unspecified atom stereocenters. The lowest BCUT2D eigenvalue weighted by Gasteiger charge is -2.18. The number of thiol groups is 1. The minimum Gasteiger partial charge on any atom is -0.294 e. The molecule has 0 bridgehead atoms. The van der Waals surface area contributed by atoms with Gasteiger partial charge in [-0.3, -0.25) is 5.32 Å². The van der Waals surface area contributed by atoms with Crippen LogP contribution in [0.4, 0.5) is 0 Å². The van der Waals surface area contributed by atoms with E-state index in [2.05, 4.69) is 27.7 Å². The average molecular weight is 205 g/mol. The molecule has 0 aromatic rings. The summed E-state index contributed by atoms with van der Waals surface area (Å²) in [6.45, 7) is 1.86. The van der Waals surface area contributed by atoms with Crippen LogP contribution in [0.2, 0.25) is 0 Å². The highest BCUT2D eigenvalue weighted by molar-refractivity contribution is 7.82. The van der Waals surface area contributed by atoms with Gasteiger partial charge < -0.3 is 0 Å². The first-order valence-corrected chi connectivity index (χ1v) is 4.36. The minimum atomic E-state index is -1.00. The zero-order chi connectivity index (χ0) is 9.90. The predicted molar refractivity (Wildman–Crippen MR) is 46.8 cm³/mol. The topological polar surface area (TPSA) is 64.6 Å². The maximum absolute atomic E-state index is 11.2. The SMILES string of the molecule is CC(=O)OOC(=O)C1(S)CCCN1. The van der Waals surface area contributed by atoms with Gasteiger partial charge in [0.05, 0.1) is 0 Å². The van der Waals surface area contributed by atoms with Crippen molar-refractivity contribution in [2.75, 3.05) is 6.54 Å². The summed E-state index contributed by atoms with van der Waals surface area (Å²) in [5.41, 5.74) is 0. The Labute approximate surface area is 81.1 Å². The van der Waals surface area contributed by atoms with E-state index in [9.17, 15) is 9.59 Å². The summed E-state index contributed by atoms with van der Waals surface area (Å²) < 4.78 is 0. The van der Waals surface area contributed by atoms with Crippen molar-refractivity contribution < 1.29 is 19.4 Å². The van der Waals surface area contributed by atoms with Crippen LogP contribution in [-0.4, -0.2) is 23.4 Å². The van der Waals surface area contributed by atoms with Gasteiger partial charge in [-0.15, -0.1) is 12.6 Å². The maximum Gasteiger partial charge on any atom is 0.385 e.